The lowest BCUT2D eigenvalue weighted by Crippen LogP contribution is -2.47. The van der Waals surface area contributed by atoms with Gasteiger partial charge in [0.05, 0.1) is 6.61 Å². The number of hydrogen-bond donors (Lipinski definition) is 0. The molecular formula is C25H28N2O2S. The Morgan fingerprint density at radius 2 is 1.87 bits per heavy atom. The minimum Gasteiger partial charge on any atom is -0.463 e. The van der Waals surface area contributed by atoms with Gasteiger partial charge in [0.1, 0.15) is 0 Å². The second-order valence-corrected chi connectivity index (χ2v) is 8.60. The van der Waals surface area contributed by atoms with Crippen LogP contribution in [0.25, 0.3) is 16.2 Å². The van der Waals surface area contributed by atoms with E-state index in [2.05, 4.69) is 64.4 Å². The number of esters is 1. The van der Waals surface area contributed by atoms with Crippen LogP contribution in [-0.4, -0.2) is 50.2 Å². The van der Waals surface area contributed by atoms with Crippen molar-refractivity contribution in [3.8, 4) is 0 Å². The van der Waals surface area contributed by atoms with E-state index < -0.39 is 0 Å². The molecule has 1 saturated heterocycles. The van der Waals surface area contributed by atoms with Gasteiger partial charge in [0.2, 0.25) is 0 Å². The number of fused-ring (bicyclic) bond motifs is 1. The first kappa shape index (κ1) is 20.6. The van der Waals surface area contributed by atoms with Crippen LogP contribution in [0.3, 0.4) is 0 Å². The van der Waals surface area contributed by atoms with Crippen LogP contribution in [0.4, 0.5) is 5.69 Å². The number of piperazine rings is 1. The Bertz CT molecular complexity index is 1000. The number of nitrogens with zero attached hydrogens (tertiary/aromatic N) is 2. The molecule has 5 heteroatoms. The Hall–Kier alpha value is -2.63. The van der Waals surface area contributed by atoms with Crippen LogP contribution in [0, 0.1) is 0 Å². The van der Waals surface area contributed by atoms with Gasteiger partial charge in [-0.2, -0.15) is 0 Å². The van der Waals surface area contributed by atoms with E-state index in [9.17, 15) is 4.79 Å². The van der Waals surface area contributed by atoms with Crippen molar-refractivity contribution < 1.29 is 9.53 Å². The standard InChI is InChI=1S/C25H28N2O2S/c1-2-29-25(28)12-11-21-19-22-23(9-6-10-24(22)30-21)27-17-15-26(16-18-27)14-13-20-7-4-3-5-8-20/h3-12,19H,2,13-18H2,1H3/b12-11+. The molecule has 2 heterocycles. The Kier molecular flexibility index (Phi) is 6.82. The number of hydrogen-bond acceptors (Lipinski definition) is 5. The van der Waals surface area contributed by atoms with Gasteiger partial charge in [0, 0.05) is 59.5 Å². The van der Waals surface area contributed by atoms with Crippen LogP contribution < -0.4 is 4.90 Å². The number of carbonyl (C=O) groups is 1. The molecule has 4 nitrogen and oxygen atoms in total. The summed E-state index contributed by atoms with van der Waals surface area (Å²) in [5.41, 5.74) is 2.70. The number of benzene rings is 2. The van der Waals surface area contributed by atoms with Crippen LogP contribution in [0.2, 0.25) is 0 Å². The van der Waals surface area contributed by atoms with Gasteiger partial charge in [0.25, 0.3) is 0 Å². The predicted octanol–water partition coefficient (Wildman–Crippen LogP) is 4.84. The molecule has 0 aliphatic carbocycles. The number of anilines is 1. The molecule has 0 unspecified atom stereocenters. The highest BCUT2D eigenvalue weighted by Crippen LogP contribution is 2.34. The maximum absolute atomic E-state index is 11.6. The van der Waals surface area contributed by atoms with Crippen LogP contribution >= 0.6 is 11.3 Å². The summed E-state index contributed by atoms with van der Waals surface area (Å²) in [6.45, 7) is 7.58. The molecule has 0 N–H and O–H groups in total. The van der Waals surface area contributed by atoms with E-state index in [1.54, 1.807) is 11.3 Å². The van der Waals surface area contributed by atoms with Crippen molar-refractivity contribution in [1.29, 1.82) is 0 Å². The summed E-state index contributed by atoms with van der Waals surface area (Å²) < 4.78 is 6.23. The van der Waals surface area contributed by atoms with Crippen molar-refractivity contribution in [3.63, 3.8) is 0 Å². The van der Waals surface area contributed by atoms with Gasteiger partial charge in [-0.25, -0.2) is 4.79 Å². The van der Waals surface area contributed by atoms with Crippen molar-refractivity contribution in [2.75, 3.05) is 44.2 Å². The molecule has 0 spiro atoms. The van der Waals surface area contributed by atoms with Crippen molar-refractivity contribution in [1.82, 2.24) is 4.90 Å². The van der Waals surface area contributed by atoms with Crippen LogP contribution in [0.15, 0.2) is 60.7 Å². The first-order chi connectivity index (χ1) is 14.7. The number of ether oxygens (including phenoxy) is 1. The van der Waals surface area contributed by atoms with Crippen LogP contribution in [-0.2, 0) is 16.0 Å². The Morgan fingerprint density at radius 3 is 2.63 bits per heavy atom. The van der Waals surface area contributed by atoms with E-state index in [4.69, 9.17) is 4.74 Å². The summed E-state index contributed by atoms with van der Waals surface area (Å²) in [7, 11) is 0. The number of rotatable bonds is 7. The van der Waals surface area contributed by atoms with Crippen molar-refractivity contribution in [2.24, 2.45) is 0 Å². The lowest BCUT2D eigenvalue weighted by molar-refractivity contribution is -0.137. The van der Waals surface area contributed by atoms with Crippen molar-refractivity contribution >= 4 is 39.2 Å². The molecule has 1 aliphatic heterocycles. The summed E-state index contributed by atoms with van der Waals surface area (Å²) in [6, 6.07) is 19.4. The maximum atomic E-state index is 11.6. The summed E-state index contributed by atoms with van der Waals surface area (Å²) in [6.07, 6.45) is 4.48. The minimum absolute atomic E-state index is 0.290. The number of carbonyl (C=O) groups excluding carboxylic acids is 1. The molecular weight excluding hydrogens is 392 g/mol. The average Bonchev–Trinajstić information content (AvgIpc) is 3.21. The van der Waals surface area contributed by atoms with Gasteiger partial charge in [-0.05, 0) is 43.2 Å². The molecule has 0 atom stereocenters. The highest BCUT2D eigenvalue weighted by Gasteiger charge is 2.19. The lowest BCUT2D eigenvalue weighted by atomic mass is 10.1. The fraction of sp³-hybridized carbons (Fsp3) is 0.320. The van der Waals surface area contributed by atoms with E-state index in [-0.39, 0.29) is 5.97 Å². The fourth-order valence-electron chi connectivity index (χ4n) is 3.91. The molecule has 30 heavy (non-hydrogen) atoms. The maximum Gasteiger partial charge on any atom is 0.330 e. The molecule has 0 bridgehead atoms. The molecule has 0 radical (unpaired) electrons. The molecule has 1 fully saturated rings. The van der Waals surface area contributed by atoms with E-state index in [1.165, 1.54) is 27.4 Å². The molecule has 1 aliphatic rings. The Morgan fingerprint density at radius 1 is 1.07 bits per heavy atom. The van der Waals surface area contributed by atoms with Gasteiger partial charge in [-0.15, -0.1) is 11.3 Å². The highest BCUT2D eigenvalue weighted by molar-refractivity contribution is 7.20. The van der Waals surface area contributed by atoms with Gasteiger partial charge in [-0.1, -0.05) is 36.4 Å². The zero-order valence-electron chi connectivity index (χ0n) is 17.4. The minimum atomic E-state index is -0.290. The SMILES string of the molecule is CCOC(=O)/C=C/c1cc2c(N3CCN(CCc4ccccc4)CC3)cccc2s1. The zero-order chi connectivity index (χ0) is 20.8. The molecule has 156 valence electrons. The number of thiophene rings is 1. The van der Waals surface area contributed by atoms with Gasteiger partial charge >= 0.3 is 5.97 Å². The summed E-state index contributed by atoms with van der Waals surface area (Å²) in [5.74, 6) is -0.290. The molecule has 4 rings (SSSR count). The van der Waals surface area contributed by atoms with E-state index in [0.717, 1.165) is 44.0 Å². The van der Waals surface area contributed by atoms with Gasteiger partial charge < -0.3 is 9.64 Å². The molecule has 1 aromatic heterocycles. The van der Waals surface area contributed by atoms with E-state index >= 15 is 0 Å². The first-order valence-electron chi connectivity index (χ1n) is 10.6. The largest absolute Gasteiger partial charge is 0.463 e. The average molecular weight is 421 g/mol. The third kappa shape index (κ3) is 5.10. The zero-order valence-corrected chi connectivity index (χ0v) is 18.2. The Labute approximate surface area is 182 Å². The molecule has 0 saturated carbocycles. The highest BCUT2D eigenvalue weighted by atomic mass is 32.1. The lowest BCUT2D eigenvalue weighted by Gasteiger charge is -2.36. The van der Waals surface area contributed by atoms with Crippen molar-refractivity contribution in [3.05, 3.63) is 71.1 Å². The fourth-order valence-corrected chi connectivity index (χ4v) is 4.89. The smallest absolute Gasteiger partial charge is 0.330 e. The summed E-state index contributed by atoms with van der Waals surface area (Å²) in [4.78, 5) is 17.7. The molecule has 2 aromatic carbocycles. The monoisotopic (exact) mass is 420 g/mol. The normalized spacial score (nSPS) is 15.2. The van der Waals surface area contributed by atoms with Crippen LogP contribution in [0.5, 0.6) is 0 Å². The predicted molar refractivity (Wildman–Crippen MR) is 126 cm³/mol. The first-order valence-corrected chi connectivity index (χ1v) is 11.4. The van der Waals surface area contributed by atoms with Crippen LogP contribution in [0.1, 0.15) is 17.4 Å². The van der Waals surface area contributed by atoms with Gasteiger partial charge in [-0.3, -0.25) is 4.90 Å². The summed E-state index contributed by atoms with van der Waals surface area (Å²) >= 11 is 1.71. The van der Waals surface area contributed by atoms with Crippen molar-refractivity contribution in [2.45, 2.75) is 13.3 Å². The Balaban J connectivity index is 1.39. The second kappa shape index (κ2) is 9.92. The molecule has 0 amide bonds. The van der Waals surface area contributed by atoms with Gasteiger partial charge in [0.15, 0.2) is 0 Å². The summed E-state index contributed by atoms with van der Waals surface area (Å²) in [5, 5.41) is 1.27. The molecule has 3 aromatic rings. The third-order valence-electron chi connectivity index (χ3n) is 5.50. The second-order valence-electron chi connectivity index (χ2n) is 7.49. The van der Waals surface area contributed by atoms with E-state index in [0.29, 0.717) is 6.61 Å². The van der Waals surface area contributed by atoms with E-state index in [1.807, 2.05) is 13.0 Å². The third-order valence-corrected chi connectivity index (χ3v) is 6.57. The quantitative estimate of drug-likeness (QED) is 0.404. The topological polar surface area (TPSA) is 32.8 Å².